The van der Waals surface area contributed by atoms with Crippen LogP contribution in [0, 0.1) is 13.8 Å². The van der Waals surface area contributed by atoms with Crippen molar-refractivity contribution in [2.75, 3.05) is 39.8 Å². The number of ketones is 1. The van der Waals surface area contributed by atoms with Gasteiger partial charge in [-0.25, -0.2) is 4.79 Å². The molecule has 2 heterocycles. The largest absolute Gasteiger partial charge is 0.465 e. The number of aromatic nitrogens is 1. The SMILES string of the molecule is COC(=O)c1c(C)[nH]c(C(=O)CN2CCCN(C(=O)c3ccccc3)CC2)c1C. The molecule has 0 aliphatic carbocycles. The number of nitrogens with one attached hydrogen (secondary N) is 1. The third-order valence-corrected chi connectivity index (χ3v) is 5.37. The molecule has 1 aliphatic rings. The van der Waals surface area contributed by atoms with Crippen LogP contribution in [-0.4, -0.2) is 72.3 Å². The predicted molar refractivity (Wildman–Crippen MR) is 109 cm³/mol. The summed E-state index contributed by atoms with van der Waals surface area (Å²) >= 11 is 0. The second-order valence-corrected chi connectivity index (χ2v) is 7.33. The molecule has 3 rings (SSSR count). The number of carbonyl (C=O) groups is 3. The number of carbonyl (C=O) groups excluding carboxylic acids is 3. The molecule has 0 radical (unpaired) electrons. The Morgan fingerprint density at radius 3 is 2.45 bits per heavy atom. The first-order valence-electron chi connectivity index (χ1n) is 9.79. The Labute approximate surface area is 170 Å². The molecule has 0 saturated carbocycles. The van der Waals surface area contributed by atoms with Crippen LogP contribution in [0.3, 0.4) is 0 Å². The molecule has 0 unspecified atom stereocenters. The fourth-order valence-electron chi connectivity index (χ4n) is 3.81. The van der Waals surface area contributed by atoms with Crippen molar-refractivity contribution in [1.29, 1.82) is 0 Å². The van der Waals surface area contributed by atoms with Crippen molar-refractivity contribution in [3.63, 3.8) is 0 Å². The van der Waals surface area contributed by atoms with Gasteiger partial charge < -0.3 is 14.6 Å². The van der Waals surface area contributed by atoms with E-state index in [0.717, 1.165) is 13.0 Å². The third-order valence-electron chi connectivity index (χ3n) is 5.37. The highest BCUT2D eigenvalue weighted by Gasteiger charge is 2.25. The summed E-state index contributed by atoms with van der Waals surface area (Å²) < 4.78 is 4.81. The van der Waals surface area contributed by atoms with E-state index < -0.39 is 5.97 Å². The number of esters is 1. The molecule has 29 heavy (non-hydrogen) atoms. The molecule has 1 saturated heterocycles. The molecule has 1 aromatic carbocycles. The highest BCUT2D eigenvalue weighted by Crippen LogP contribution is 2.20. The van der Waals surface area contributed by atoms with Crippen molar-refractivity contribution in [2.45, 2.75) is 20.3 Å². The number of methoxy groups -OCH3 is 1. The van der Waals surface area contributed by atoms with Gasteiger partial charge in [0, 0.05) is 37.4 Å². The van der Waals surface area contributed by atoms with Gasteiger partial charge in [-0.15, -0.1) is 0 Å². The minimum absolute atomic E-state index is 0.0253. The van der Waals surface area contributed by atoms with Crippen LogP contribution in [0.5, 0.6) is 0 Å². The van der Waals surface area contributed by atoms with Crippen LogP contribution in [0.1, 0.15) is 48.9 Å². The van der Waals surface area contributed by atoms with E-state index in [1.165, 1.54) is 7.11 Å². The molecule has 7 heteroatoms. The summed E-state index contributed by atoms with van der Waals surface area (Å²) in [5.41, 5.74) is 2.81. The smallest absolute Gasteiger partial charge is 0.339 e. The Balaban J connectivity index is 1.64. The Hall–Kier alpha value is -2.93. The zero-order valence-corrected chi connectivity index (χ0v) is 17.2. The first-order valence-corrected chi connectivity index (χ1v) is 9.79. The molecule has 1 aromatic heterocycles. The van der Waals surface area contributed by atoms with Gasteiger partial charge in [-0.3, -0.25) is 14.5 Å². The van der Waals surface area contributed by atoms with E-state index in [0.29, 0.717) is 47.7 Å². The minimum atomic E-state index is -0.444. The predicted octanol–water partition coefficient (Wildman–Crippen LogP) is 2.45. The van der Waals surface area contributed by atoms with Gasteiger partial charge in [0.05, 0.1) is 24.9 Å². The first kappa shape index (κ1) is 20.8. The van der Waals surface area contributed by atoms with Crippen molar-refractivity contribution in [2.24, 2.45) is 0 Å². The zero-order valence-electron chi connectivity index (χ0n) is 17.2. The maximum Gasteiger partial charge on any atom is 0.339 e. The molecule has 154 valence electrons. The summed E-state index contributed by atoms with van der Waals surface area (Å²) in [6, 6.07) is 9.26. The van der Waals surface area contributed by atoms with Gasteiger partial charge in [0.1, 0.15) is 0 Å². The van der Waals surface area contributed by atoms with Gasteiger partial charge >= 0.3 is 5.97 Å². The second kappa shape index (κ2) is 9.05. The van der Waals surface area contributed by atoms with Gasteiger partial charge in [0.2, 0.25) is 0 Å². The highest BCUT2D eigenvalue weighted by atomic mass is 16.5. The molecule has 1 amide bonds. The number of hydrogen-bond acceptors (Lipinski definition) is 5. The summed E-state index contributed by atoms with van der Waals surface area (Å²) in [7, 11) is 1.33. The fraction of sp³-hybridized carbons (Fsp3) is 0.409. The van der Waals surface area contributed by atoms with Gasteiger partial charge in [-0.2, -0.15) is 0 Å². The molecule has 1 N–H and O–H groups in total. The number of ether oxygens (including phenoxy) is 1. The van der Waals surface area contributed by atoms with Crippen LogP contribution in [0.15, 0.2) is 30.3 Å². The molecule has 7 nitrogen and oxygen atoms in total. The Morgan fingerprint density at radius 2 is 1.76 bits per heavy atom. The number of aromatic amines is 1. The van der Waals surface area contributed by atoms with Crippen molar-refractivity contribution in [1.82, 2.24) is 14.8 Å². The zero-order chi connectivity index (χ0) is 21.0. The molecule has 1 fully saturated rings. The summed E-state index contributed by atoms with van der Waals surface area (Å²) in [6.07, 6.45) is 0.808. The van der Waals surface area contributed by atoms with Crippen LogP contribution < -0.4 is 0 Å². The highest BCUT2D eigenvalue weighted by molar-refractivity contribution is 6.02. The lowest BCUT2D eigenvalue weighted by Gasteiger charge is -2.21. The summed E-state index contributed by atoms with van der Waals surface area (Å²) in [6.45, 7) is 6.39. The van der Waals surface area contributed by atoms with Gasteiger partial charge in [0.25, 0.3) is 5.91 Å². The lowest BCUT2D eigenvalue weighted by atomic mass is 10.1. The first-order chi connectivity index (χ1) is 13.9. The second-order valence-electron chi connectivity index (χ2n) is 7.33. The number of H-pyrrole nitrogens is 1. The number of aryl methyl sites for hydroxylation is 1. The number of rotatable bonds is 5. The van der Waals surface area contributed by atoms with Crippen molar-refractivity contribution < 1.29 is 19.1 Å². The van der Waals surface area contributed by atoms with E-state index >= 15 is 0 Å². The van der Waals surface area contributed by atoms with E-state index in [2.05, 4.69) is 9.88 Å². The molecule has 0 spiro atoms. The van der Waals surface area contributed by atoms with Gasteiger partial charge in [-0.05, 0) is 38.0 Å². The molecule has 2 aromatic rings. The topological polar surface area (TPSA) is 82.7 Å². The summed E-state index contributed by atoms with van der Waals surface area (Å²) in [5, 5.41) is 0. The van der Waals surface area contributed by atoms with E-state index in [1.54, 1.807) is 13.8 Å². The lowest BCUT2D eigenvalue weighted by Crippen LogP contribution is -2.36. The van der Waals surface area contributed by atoms with Gasteiger partial charge in [-0.1, -0.05) is 18.2 Å². The number of benzene rings is 1. The number of amides is 1. The minimum Gasteiger partial charge on any atom is -0.465 e. The third kappa shape index (κ3) is 4.56. The van der Waals surface area contributed by atoms with E-state index in [9.17, 15) is 14.4 Å². The van der Waals surface area contributed by atoms with Crippen LogP contribution in [0.4, 0.5) is 0 Å². The maximum absolute atomic E-state index is 12.9. The van der Waals surface area contributed by atoms with E-state index in [-0.39, 0.29) is 18.2 Å². The monoisotopic (exact) mass is 397 g/mol. The van der Waals surface area contributed by atoms with Crippen molar-refractivity contribution in [3.05, 3.63) is 58.4 Å². The molecule has 0 atom stereocenters. The van der Waals surface area contributed by atoms with Crippen LogP contribution in [-0.2, 0) is 4.74 Å². The molecular formula is C22H27N3O4. The Bertz CT molecular complexity index is 904. The van der Waals surface area contributed by atoms with Gasteiger partial charge in [0.15, 0.2) is 5.78 Å². The van der Waals surface area contributed by atoms with Crippen LogP contribution >= 0.6 is 0 Å². The summed E-state index contributed by atoms with van der Waals surface area (Å²) in [5.74, 6) is -0.485. The van der Waals surface area contributed by atoms with E-state index in [1.807, 2.05) is 35.2 Å². The summed E-state index contributed by atoms with van der Waals surface area (Å²) in [4.78, 5) is 44.4. The standard InChI is InChI=1S/C22H27N3O4/c1-15-19(22(28)29-3)16(2)23-20(15)18(26)14-24-10-7-11-25(13-12-24)21(27)17-8-5-4-6-9-17/h4-6,8-9,23H,7,10-14H2,1-3H3. The van der Waals surface area contributed by atoms with E-state index in [4.69, 9.17) is 4.74 Å². The Kier molecular flexibility index (Phi) is 6.49. The fourth-order valence-corrected chi connectivity index (χ4v) is 3.81. The average Bonchev–Trinajstić information content (AvgIpc) is 2.89. The quantitative estimate of drug-likeness (QED) is 0.619. The molecule has 1 aliphatic heterocycles. The van der Waals surface area contributed by atoms with Crippen molar-refractivity contribution in [3.8, 4) is 0 Å². The number of nitrogens with zero attached hydrogens (tertiary/aromatic N) is 2. The van der Waals surface area contributed by atoms with Crippen LogP contribution in [0.2, 0.25) is 0 Å². The maximum atomic E-state index is 12.9. The average molecular weight is 397 g/mol. The normalized spacial score (nSPS) is 15.1. The number of Topliss-reactive ketones (excluding diaryl/α,β-unsaturated/α-hetero) is 1. The molecule has 0 bridgehead atoms. The van der Waals surface area contributed by atoms with Crippen molar-refractivity contribution >= 4 is 17.7 Å². The van der Waals surface area contributed by atoms with Crippen LogP contribution in [0.25, 0.3) is 0 Å². The lowest BCUT2D eigenvalue weighted by molar-refractivity contribution is 0.0599. The Morgan fingerprint density at radius 1 is 1.03 bits per heavy atom. The number of hydrogen-bond donors (Lipinski definition) is 1. The molecular weight excluding hydrogens is 370 g/mol.